The third kappa shape index (κ3) is 4.97. The van der Waals surface area contributed by atoms with Crippen LogP contribution in [0.3, 0.4) is 0 Å². The number of furan rings is 1. The first-order chi connectivity index (χ1) is 13.4. The minimum atomic E-state index is -0.833. The van der Waals surface area contributed by atoms with Crippen molar-refractivity contribution in [2.75, 3.05) is 21.3 Å². The molecule has 0 aliphatic heterocycles. The number of phenolic OH excluding ortho intramolecular Hbond substituents is 1. The van der Waals surface area contributed by atoms with Gasteiger partial charge in [-0.15, -0.1) is 0 Å². The lowest BCUT2D eigenvalue weighted by molar-refractivity contribution is -0.134. The van der Waals surface area contributed by atoms with Crippen molar-refractivity contribution in [1.29, 1.82) is 0 Å². The zero-order chi connectivity index (χ0) is 20.7. The highest BCUT2D eigenvalue weighted by Crippen LogP contribution is 2.38. The molecule has 3 aromatic rings. The first-order valence-corrected chi connectivity index (χ1v) is 8.27. The fraction of sp³-hybridized carbons (Fsp3) is 0.190. The molecule has 0 fully saturated rings. The molecule has 0 radical (unpaired) electrons. The molecule has 28 heavy (non-hydrogen) atoms. The summed E-state index contributed by atoms with van der Waals surface area (Å²) in [4.78, 5) is 9.00. The molecule has 1 aromatic heterocycles. The molecule has 0 aliphatic carbocycles. The number of aromatic hydroxyl groups is 1. The number of carbonyl (C=O) groups is 1. The van der Waals surface area contributed by atoms with Crippen LogP contribution in [0.4, 0.5) is 0 Å². The molecule has 0 spiro atoms. The Morgan fingerprint density at radius 3 is 2.00 bits per heavy atom. The lowest BCUT2D eigenvalue weighted by Crippen LogP contribution is -1.95. The molecule has 7 heteroatoms. The predicted molar refractivity (Wildman–Crippen MR) is 106 cm³/mol. The average Bonchev–Trinajstić information content (AvgIpc) is 3.14. The van der Waals surface area contributed by atoms with Gasteiger partial charge in [-0.2, -0.15) is 0 Å². The summed E-state index contributed by atoms with van der Waals surface area (Å²) < 4.78 is 21.3. The van der Waals surface area contributed by atoms with Gasteiger partial charge in [0, 0.05) is 6.92 Å². The first-order valence-electron chi connectivity index (χ1n) is 8.27. The van der Waals surface area contributed by atoms with E-state index in [4.69, 9.17) is 28.5 Å². The van der Waals surface area contributed by atoms with Crippen molar-refractivity contribution in [1.82, 2.24) is 0 Å². The van der Waals surface area contributed by atoms with E-state index >= 15 is 0 Å². The van der Waals surface area contributed by atoms with Crippen LogP contribution in [-0.2, 0) is 4.79 Å². The largest absolute Gasteiger partial charge is 0.507 e. The number of hydrogen-bond donors (Lipinski definition) is 2. The molecule has 0 unspecified atom stereocenters. The van der Waals surface area contributed by atoms with Crippen LogP contribution in [0.2, 0.25) is 0 Å². The fourth-order valence-corrected chi connectivity index (χ4v) is 2.56. The van der Waals surface area contributed by atoms with Gasteiger partial charge in [-0.3, -0.25) is 4.79 Å². The summed E-state index contributed by atoms with van der Waals surface area (Å²) in [5.41, 5.74) is 2.34. The molecule has 2 N–H and O–H groups in total. The Balaban J connectivity index is 0.000000640. The number of phenols is 1. The van der Waals surface area contributed by atoms with Crippen molar-refractivity contribution in [3.63, 3.8) is 0 Å². The van der Waals surface area contributed by atoms with E-state index in [0.717, 1.165) is 18.1 Å². The summed E-state index contributed by atoms with van der Waals surface area (Å²) in [6.45, 7) is 1.08. The summed E-state index contributed by atoms with van der Waals surface area (Å²) in [6, 6.07) is 8.99. The fourth-order valence-electron chi connectivity index (χ4n) is 2.56. The van der Waals surface area contributed by atoms with E-state index in [1.165, 1.54) is 0 Å². The van der Waals surface area contributed by atoms with Crippen molar-refractivity contribution in [2.24, 2.45) is 0 Å². The maximum atomic E-state index is 10.0. The molecular formula is C21H22O7. The van der Waals surface area contributed by atoms with E-state index in [9.17, 15) is 5.11 Å². The molecule has 7 nitrogen and oxygen atoms in total. The summed E-state index contributed by atoms with van der Waals surface area (Å²) in [6.07, 6.45) is 5.33. The maximum Gasteiger partial charge on any atom is 0.300 e. The predicted octanol–water partition coefficient (Wildman–Crippen LogP) is 4.43. The normalized spacial score (nSPS) is 10.4. The van der Waals surface area contributed by atoms with Crippen LogP contribution in [0.1, 0.15) is 18.1 Å². The molecular weight excluding hydrogens is 364 g/mol. The van der Waals surface area contributed by atoms with Gasteiger partial charge in [-0.1, -0.05) is 12.2 Å². The standard InChI is InChI=1S/C19H18O5.C2H4O2/c1-21-17-10-13(11-18(22-2)19(17)23-3)5-4-12-8-15(20)14-6-7-24-16(14)9-12;1-2(3)4/h4-11,20H,1-3H3;1H3,(H,3,4). The Labute approximate surface area is 162 Å². The number of aliphatic carboxylic acids is 1. The Bertz CT molecular complexity index is 957. The van der Waals surface area contributed by atoms with Crippen LogP contribution < -0.4 is 14.2 Å². The van der Waals surface area contributed by atoms with Crippen LogP contribution in [0, 0.1) is 0 Å². The smallest absolute Gasteiger partial charge is 0.300 e. The number of ether oxygens (including phenoxy) is 3. The summed E-state index contributed by atoms with van der Waals surface area (Å²) in [7, 11) is 4.72. The number of rotatable bonds is 5. The van der Waals surface area contributed by atoms with Crippen LogP contribution in [-0.4, -0.2) is 37.5 Å². The van der Waals surface area contributed by atoms with Crippen molar-refractivity contribution in [3.05, 3.63) is 47.7 Å². The zero-order valence-corrected chi connectivity index (χ0v) is 16.1. The molecule has 0 saturated heterocycles. The minimum absolute atomic E-state index is 0.186. The monoisotopic (exact) mass is 386 g/mol. The Morgan fingerprint density at radius 1 is 0.964 bits per heavy atom. The van der Waals surface area contributed by atoms with Gasteiger partial charge >= 0.3 is 0 Å². The molecule has 0 bridgehead atoms. The van der Waals surface area contributed by atoms with E-state index in [1.807, 2.05) is 30.4 Å². The molecule has 0 saturated carbocycles. The second kappa shape index (κ2) is 9.36. The molecule has 0 aliphatic rings. The highest BCUT2D eigenvalue weighted by molar-refractivity contribution is 5.87. The molecule has 1 heterocycles. The first kappa shape index (κ1) is 20.7. The van der Waals surface area contributed by atoms with Crippen molar-refractivity contribution >= 4 is 29.1 Å². The van der Waals surface area contributed by atoms with Crippen molar-refractivity contribution in [3.8, 4) is 23.0 Å². The van der Waals surface area contributed by atoms with Gasteiger partial charge in [0.25, 0.3) is 5.97 Å². The topological polar surface area (TPSA) is 98.4 Å². The summed E-state index contributed by atoms with van der Waals surface area (Å²) in [5, 5.41) is 18.1. The van der Waals surface area contributed by atoms with Crippen LogP contribution in [0.5, 0.6) is 23.0 Å². The number of fused-ring (bicyclic) bond motifs is 1. The quantitative estimate of drug-likeness (QED) is 0.626. The van der Waals surface area contributed by atoms with Gasteiger partial charge in [-0.25, -0.2) is 0 Å². The Kier molecular flexibility index (Phi) is 6.92. The third-order valence-electron chi connectivity index (χ3n) is 3.73. The van der Waals surface area contributed by atoms with Gasteiger partial charge < -0.3 is 28.8 Å². The van der Waals surface area contributed by atoms with E-state index in [-0.39, 0.29) is 5.75 Å². The lowest BCUT2D eigenvalue weighted by atomic mass is 10.1. The molecule has 2 aromatic carbocycles. The highest BCUT2D eigenvalue weighted by Gasteiger charge is 2.12. The van der Waals surface area contributed by atoms with Gasteiger partial charge in [0.1, 0.15) is 11.3 Å². The van der Waals surface area contributed by atoms with Crippen LogP contribution in [0.25, 0.3) is 23.1 Å². The zero-order valence-electron chi connectivity index (χ0n) is 16.1. The van der Waals surface area contributed by atoms with E-state index in [1.54, 1.807) is 39.7 Å². The van der Waals surface area contributed by atoms with Gasteiger partial charge in [0.15, 0.2) is 11.5 Å². The SMILES string of the molecule is CC(=O)O.COc1cc(C=Cc2cc(O)c3ccoc3c2)cc(OC)c1OC. The van der Waals surface area contributed by atoms with E-state index in [0.29, 0.717) is 28.2 Å². The minimum Gasteiger partial charge on any atom is -0.507 e. The maximum absolute atomic E-state index is 10.0. The van der Waals surface area contributed by atoms with Crippen LogP contribution >= 0.6 is 0 Å². The van der Waals surface area contributed by atoms with Crippen molar-refractivity contribution in [2.45, 2.75) is 6.92 Å². The van der Waals surface area contributed by atoms with Crippen molar-refractivity contribution < 1.29 is 33.6 Å². The second-order valence-electron chi connectivity index (χ2n) is 5.68. The van der Waals surface area contributed by atoms with E-state index in [2.05, 4.69) is 0 Å². The number of methoxy groups -OCH3 is 3. The van der Waals surface area contributed by atoms with Gasteiger partial charge in [-0.05, 0) is 41.5 Å². The highest BCUT2D eigenvalue weighted by atomic mass is 16.5. The van der Waals surface area contributed by atoms with Gasteiger partial charge in [0.2, 0.25) is 5.75 Å². The average molecular weight is 386 g/mol. The molecule has 0 atom stereocenters. The van der Waals surface area contributed by atoms with E-state index < -0.39 is 5.97 Å². The second-order valence-corrected chi connectivity index (χ2v) is 5.68. The number of benzene rings is 2. The Hall–Kier alpha value is -3.61. The third-order valence-corrected chi connectivity index (χ3v) is 3.73. The summed E-state index contributed by atoms with van der Waals surface area (Å²) >= 11 is 0. The molecule has 148 valence electrons. The lowest BCUT2D eigenvalue weighted by Gasteiger charge is -2.12. The molecule has 3 rings (SSSR count). The number of carboxylic acids is 1. The summed E-state index contributed by atoms with van der Waals surface area (Å²) in [5.74, 6) is 1.07. The molecule has 0 amide bonds. The number of hydrogen-bond acceptors (Lipinski definition) is 6. The van der Waals surface area contributed by atoms with Gasteiger partial charge in [0.05, 0.1) is 33.0 Å². The number of carboxylic acid groups (broad SMARTS) is 1. The van der Waals surface area contributed by atoms with Crippen LogP contribution in [0.15, 0.2) is 41.0 Å². The Morgan fingerprint density at radius 2 is 1.50 bits per heavy atom.